The van der Waals surface area contributed by atoms with Crippen LogP contribution < -0.4 is 26.5 Å². The second kappa shape index (κ2) is 11.6. The number of fused-ring (bicyclic) bond motifs is 12. The summed E-state index contributed by atoms with van der Waals surface area (Å²) >= 11 is 0. The van der Waals surface area contributed by atoms with E-state index >= 15 is 4.79 Å². The number of ketones is 1. The zero-order valence-corrected chi connectivity index (χ0v) is 33.6. The largest absolute Gasteiger partial charge is 0.506 e. The number of hydrogen-bond donors (Lipinski definition) is 4. The third-order valence-electron chi connectivity index (χ3n) is 13.8. The highest BCUT2D eigenvalue weighted by Crippen LogP contribution is 2.55. The zero-order valence-electron chi connectivity index (χ0n) is 33.6. The van der Waals surface area contributed by atoms with Gasteiger partial charge in [-0.15, -0.1) is 0 Å². The molecule has 10 nitrogen and oxygen atoms in total. The van der Waals surface area contributed by atoms with Crippen LogP contribution in [0.1, 0.15) is 28.1 Å². The monoisotopic (exact) mass is 822 g/mol. The van der Waals surface area contributed by atoms with E-state index < -0.39 is 11.3 Å². The lowest BCUT2D eigenvalue weighted by Crippen LogP contribution is -2.46. The van der Waals surface area contributed by atoms with Crippen LogP contribution in [0.5, 0.6) is 0 Å². The van der Waals surface area contributed by atoms with E-state index in [2.05, 4.69) is 52.3 Å². The first-order valence-electron chi connectivity index (χ1n) is 21.3. The molecule has 0 saturated carbocycles. The third kappa shape index (κ3) is 4.06. The molecule has 3 aliphatic carbocycles. The lowest BCUT2D eigenvalue weighted by Gasteiger charge is -2.40. The van der Waals surface area contributed by atoms with Crippen molar-refractivity contribution in [3.8, 4) is 22.5 Å². The third-order valence-corrected chi connectivity index (χ3v) is 13.8. The molecule has 0 amide bonds. The summed E-state index contributed by atoms with van der Waals surface area (Å²) in [5.74, 6) is -0.336. The highest BCUT2D eigenvalue weighted by atomic mass is 16.3. The van der Waals surface area contributed by atoms with Gasteiger partial charge in [0.2, 0.25) is 11.4 Å². The number of carbonyl (C=O) groups is 1. The van der Waals surface area contributed by atoms with Gasteiger partial charge < -0.3 is 21.1 Å². The van der Waals surface area contributed by atoms with E-state index in [-0.39, 0.29) is 22.7 Å². The highest BCUT2D eigenvalue weighted by Gasteiger charge is 2.51. The Morgan fingerprint density at radius 3 is 1.83 bits per heavy atom. The maximum absolute atomic E-state index is 15.1. The highest BCUT2D eigenvalue weighted by molar-refractivity contribution is 6.52. The summed E-state index contributed by atoms with van der Waals surface area (Å²) in [6.07, 6.45) is 0. The number of para-hydroxylation sites is 4. The molecule has 2 unspecified atom stereocenters. The van der Waals surface area contributed by atoms with Gasteiger partial charge in [-0.1, -0.05) is 121 Å². The molecule has 8 aromatic carbocycles. The molecule has 4 heterocycles. The number of nitrogens with one attached hydrogen (secondary N) is 3. The van der Waals surface area contributed by atoms with E-state index in [0.29, 0.717) is 22.2 Å². The molecule has 0 bridgehead atoms. The molecule has 0 fully saturated rings. The number of rotatable bonds is 1. The number of aromatic nitrogens is 4. The molecule has 10 heteroatoms. The molecule has 0 saturated heterocycles. The van der Waals surface area contributed by atoms with Crippen molar-refractivity contribution in [2.45, 2.75) is 11.3 Å². The minimum Gasteiger partial charge on any atom is -0.506 e. The Morgan fingerprint density at radius 1 is 0.469 bits per heavy atom. The molecule has 2 aliphatic heterocycles. The van der Waals surface area contributed by atoms with Crippen LogP contribution >= 0.6 is 0 Å². The molecule has 2 aromatic heterocycles. The lowest BCUT2D eigenvalue weighted by molar-refractivity contribution is -0.109. The second-order valence-corrected chi connectivity index (χ2v) is 17.0. The smallest absolute Gasteiger partial charge is 0.202 e. The van der Waals surface area contributed by atoms with Gasteiger partial charge in [0.1, 0.15) is 17.1 Å². The molecule has 2 atom stereocenters. The van der Waals surface area contributed by atoms with Crippen LogP contribution in [0.2, 0.25) is 0 Å². The summed E-state index contributed by atoms with van der Waals surface area (Å²) in [6.45, 7) is 0. The Kier molecular flexibility index (Phi) is 6.13. The second-order valence-electron chi connectivity index (χ2n) is 17.0. The Morgan fingerprint density at radius 2 is 1.08 bits per heavy atom. The van der Waals surface area contributed by atoms with Gasteiger partial charge in [0, 0.05) is 49.5 Å². The average molecular weight is 823 g/mol. The summed E-state index contributed by atoms with van der Waals surface area (Å²) in [4.78, 5) is 41.4. The van der Waals surface area contributed by atoms with Crippen LogP contribution in [0.25, 0.3) is 77.3 Å². The molecule has 298 valence electrons. The van der Waals surface area contributed by atoms with Gasteiger partial charge >= 0.3 is 0 Å². The van der Waals surface area contributed by atoms with Gasteiger partial charge in [0.15, 0.2) is 5.66 Å². The Balaban J connectivity index is 0.950. The molecule has 15 rings (SSSR count). The minimum absolute atomic E-state index is 0.0741. The predicted molar refractivity (Wildman–Crippen MR) is 249 cm³/mol. The normalized spacial score (nSPS) is 20.1. The van der Waals surface area contributed by atoms with Crippen molar-refractivity contribution in [3.05, 3.63) is 202 Å². The van der Waals surface area contributed by atoms with E-state index in [1.54, 1.807) is 0 Å². The Hall–Kier alpha value is -8.76. The van der Waals surface area contributed by atoms with E-state index in [1.807, 2.05) is 121 Å². The van der Waals surface area contributed by atoms with E-state index in [9.17, 15) is 5.11 Å². The zero-order chi connectivity index (χ0) is 42.1. The van der Waals surface area contributed by atoms with Gasteiger partial charge in [-0.3, -0.25) is 4.79 Å². The SMILES string of the molecule is O=C1C(c2ccc3cccc4c3c2NC2(N4)c3ccccc3-c3nc4ccccc4nc32)=C(O)/C1=c1/ccc2cccc3c2c1NC1(N=3)c2ccccc2-c2nc3ccccc3nc21. The Labute approximate surface area is 363 Å². The van der Waals surface area contributed by atoms with Crippen LogP contribution in [-0.4, -0.2) is 30.8 Å². The van der Waals surface area contributed by atoms with Crippen LogP contribution in [0.4, 0.5) is 17.1 Å². The molecular weight excluding hydrogens is 793 g/mol. The quantitative estimate of drug-likeness (QED) is 0.128. The fraction of sp³-hybridized carbons (Fsp3) is 0.0370. The summed E-state index contributed by atoms with van der Waals surface area (Å²) < 4.78 is 0. The topological polar surface area (TPSA) is 137 Å². The number of aliphatic hydroxyl groups excluding tert-OH is 1. The first-order valence-corrected chi connectivity index (χ1v) is 21.3. The van der Waals surface area contributed by atoms with Crippen molar-refractivity contribution in [1.29, 1.82) is 0 Å². The van der Waals surface area contributed by atoms with Crippen LogP contribution in [-0.2, 0) is 16.1 Å². The lowest BCUT2D eigenvalue weighted by atomic mass is 9.79. The average Bonchev–Trinajstić information content (AvgIpc) is 3.73. The van der Waals surface area contributed by atoms with Crippen molar-refractivity contribution in [1.82, 2.24) is 19.9 Å². The van der Waals surface area contributed by atoms with Crippen molar-refractivity contribution >= 4 is 77.6 Å². The first-order chi connectivity index (χ1) is 31.5. The molecular formula is C54H30N8O2. The van der Waals surface area contributed by atoms with Crippen molar-refractivity contribution in [2.75, 3.05) is 16.0 Å². The number of aliphatic hydroxyl groups is 1. The molecule has 0 radical (unpaired) electrons. The minimum atomic E-state index is -1.15. The summed E-state index contributed by atoms with van der Waals surface area (Å²) in [6, 6.07) is 52.1. The van der Waals surface area contributed by atoms with Gasteiger partial charge in [0.05, 0.1) is 61.3 Å². The molecule has 64 heavy (non-hydrogen) atoms. The number of benzene rings is 8. The van der Waals surface area contributed by atoms with Crippen LogP contribution in [0, 0.1) is 0 Å². The van der Waals surface area contributed by atoms with E-state index in [1.165, 1.54) is 0 Å². The fourth-order valence-corrected chi connectivity index (χ4v) is 11.0. The summed E-state index contributed by atoms with van der Waals surface area (Å²) in [5.41, 5.74) is 11.1. The molecule has 2 spiro atoms. The fourth-order valence-electron chi connectivity index (χ4n) is 11.0. The van der Waals surface area contributed by atoms with Gasteiger partial charge in [-0.2, -0.15) is 0 Å². The number of anilines is 3. The van der Waals surface area contributed by atoms with Gasteiger partial charge in [-0.05, 0) is 47.2 Å². The molecule has 10 aromatic rings. The predicted octanol–water partition coefficient (Wildman–Crippen LogP) is 9.23. The number of carbonyl (C=O) groups excluding carboxylic acids is 1. The first kappa shape index (κ1) is 33.9. The van der Waals surface area contributed by atoms with E-state index in [4.69, 9.17) is 24.9 Å². The number of allylic oxidation sites excluding steroid dienone is 2. The van der Waals surface area contributed by atoms with Crippen molar-refractivity contribution < 1.29 is 9.90 Å². The maximum Gasteiger partial charge on any atom is 0.202 e. The number of nitrogens with zero attached hydrogens (tertiary/aromatic N) is 5. The summed E-state index contributed by atoms with van der Waals surface area (Å²) in [7, 11) is 0. The number of Topliss-reactive ketones (excluding diaryl/α,β-unsaturated/α-hetero) is 1. The maximum atomic E-state index is 15.1. The molecule has 5 aliphatic rings. The van der Waals surface area contributed by atoms with Crippen molar-refractivity contribution in [2.24, 2.45) is 4.99 Å². The van der Waals surface area contributed by atoms with Gasteiger partial charge in [-0.25, -0.2) is 24.9 Å². The van der Waals surface area contributed by atoms with Gasteiger partial charge in [0.25, 0.3) is 0 Å². The van der Waals surface area contributed by atoms with Crippen LogP contribution in [0.15, 0.2) is 168 Å². The van der Waals surface area contributed by atoms with E-state index in [0.717, 1.165) is 99.7 Å². The number of hydrogen-bond acceptors (Lipinski definition) is 10. The van der Waals surface area contributed by atoms with Crippen molar-refractivity contribution in [3.63, 3.8) is 0 Å². The standard InChI is InChI=1S/C54H30N8O2/c63-49-43(31-25-23-27-11-9-21-39-41(27)45(31)61-53(59-39)33-15-3-1-13-29(33)47-51(53)57-37-19-7-5-17-35(37)55-47)50(64)44(49)32-26-24-28-12-10-22-40-42(28)46(32)62-54(60-40)34-16-4-2-14-30(34)48-52(54)58-38-20-8-6-18-36(38)56-48/h1-26,59,61-63H/b44-32+. The summed E-state index contributed by atoms with van der Waals surface area (Å²) in [5, 5.41) is 29.1. The molecule has 4 N–H and O–H groups in total. The Bertz CT molecular complexity index is 4070. The van der Waals surface area contributed by atoms with Crippen LogP contribution in [0.3, 0.4) is 0 Å².